The molecule has 0 unspecified atom stereocenters. The van der Waals surface area contributed by atoms with Gasteiger partial charge in [-0.05, 0) is 0 Å². The highest BCUT2D eigenvalue weighted by molar-refractivity contribution is 5.06. The molecule has 2 rings (SSSR count). The van der Waals surface area contributed by atoms with E-state index >= 15 is 0 Å². The Hall–Kier alpha value is -1.88. The van der Waals surface area contributed by atoms with Crippen molar-refractivity contribution in [3.63, 3.8) is 0 Å². The lowest BCUT2D eigenvalue weighted by molar-refractivity contribution is -0.0533. The summed E-state index contributed by atoms with van der Waals surface area (Å²) in [5.74, 6) is 1.61. The molecule has 0 aromatic carbocycles. The molecule has 0 aliphatic carbocycles. The summed E-state index contributed by atoms with van der Waals surface area (Å²) in [6.45, 7) is -0.361. The summed E-state index contributed by atoms with van der Waals surface area (Å²) in [6.07, 6.45) is 3.57. The Morgan fingerprint density at radius 3 is 2.78 bits per heavy atom. The number of ether oxygens (including phenoxy) is 1. The Balaban J connectivity index is 2.38. The van der Waals surface area contributed by atoms with Gasteiger partial charge in [-0.2, -0.15) is 0 Å². The minimum Gasteiger partial charge on any atom is -0.394 e. The fraction of sp³-hybridized carbons (Fsp3) is 0.455. The second-order valence-electron chi connectivity index (χ2n) is 3.95. The van der Waals surface area contributed by atoms with Crippen LogP contribution in [0.1, 0.15) is 6.23 Å². The number of nitrogens with one attached hydrogen (secondary N) is 1. The Kier molecular flexibility index (Phi) is 3.34. The van der Waals surface area contributed by atoms with Crippen molar-refractivity contribution in [3.05, 3.63) is 33.1 Å². The average Bonchev–Trinajstić information content (AvgIpc) is 2.66. The zero-order valence-corrected chi connectivity index (χ0v) is 9.31. The molecule has 0 spiro atoms. The second-order valence-corrected chi connectivity index (χ2v) is 3.95. The van der Waals surface area contributed by atoms with Crippen molar-refractivity contribution in [2.75, 3.05) is 6.61 Å². The highest BCUT2D eigenvalue weighted by Gasteiger charge is 2.43. The molecule has 0 radical (unpaired) electrons. The van der Waals surface area contributed by atoms with E-state index in [4.69, 9.17) is 16.3 Å². The highest BCUT2D eigenvalue weighted by atomic mass is 16.5. The first-order chi connectivity index (χ1) is 8.58. The summed E-state index contributed by atoms with van der Waals surface area (Å²) < 4.78 is 6.37. The predicted molar refractivity (Wildman–Crippen MR) is 60.6 cm³/mol. The van der Waals surface area contributed by atoms with Crippen LogP contribution in [0.4, 0.5) is 0 Å². The number of H-pyrrole nitrogens is 1. The summed E-state index contributed by atoms with van der Waals surface area (Å²) >= 11 is 0. The van der Waals surface area contributed by atoms with Gasteiger partial charge in [0.05, 0.1) is 18.6 Å². The average molecular weight is 252 g/mol. The third-order valence-electron chi connectivity index (χ3n) is 2.87. The van der Waals surface area contributed by atoms with E-state index in [1.807, 2.05) is 4.98 Å². The highest BCUT2D eigenvalue weighted by Crippen LogP contribution is 2.32. The number of nitrogens with zero attached hydrogens (tertiary/aromatic N) is 1. The molecule has 7 nitrogen and oxygen atoms in total. The van der Waals surface area contributed by atoms with E-state index in [0.717, 1.165) is 10.6 Å². The van der Waals surface area contributed by atoms with Crippen molar-refractivity contribution in [1.82, 2.24) is 9.55 Å². The maximum Gasteiger partial charge on any atom is 0.330 e. The maximum atomic E-state index is 11.6. The van der Waals surface area contributed by atoms with Crippen LogP contribution in [0.3, 0.4) is 0 Å². The van der Waals surface area contributed by atoms with Gasteiger partial charge in [0.2, 0.25) is 0 Å². The van der Waals surface area contributed by atoms with E-state index in [9.17, 15) is 14.7 Å². The molecule has 0 bridgehead atoms. The third-order valence-corrected chi connectivity index (χ3v) is 2.87. The smallest absolute Gasteiger partial charge is 0.330 e. The van der Waals surface area contributed by atoms with Crippen molar-refractivity contribution in [2.24, 2.45) is 5.92 Å². The fourth-order valence-electron chi connectivity index (χ4n) is 1.96. The fourth-order valence-corrected chi connectivity index (χ4v) is 1.96. The maximum absolute atomic E-state index is 11.6. The van der Waals surface area contributed by atoms with Gasteiger partial charge in [0.25, 0.3) is 5.56 Å². The van der Waals surface area contributed by atoms with Crippen molar-refractivity contribution in [1.29, 1.82) is 0 Å². The van der Waals surface area contributed by atoms with Gasteiger partial charge in [-0.15, -0.1) is 6.42 Å². The number of aliphatic hydroxyl groups is 2. The molecule has 18 heavy (non-hydrogen) atoms. The van der Waals surface area contributed by atoms with Gasteiger partial charge in [0.1, 0.15) is 6.10 Å². The monoisotopic (exact) mass is 252 g/mol. The van der Waals surface area contributed by atoms with Crippen LogP contribution in [0.25, 0.3) is 0 Å². The van der Waals surface area contributed by atoms with Crippen molar-refractivity contribution >= 4 is 0 Å². The molecule has 3 N–H and O–H groups in total. The van der Waals surface area contributed by atoms with Gasteiger partial charge in [-0.1, -0.05) is 5.92 Å². The first-order valence-corrected chi connectivity index (χ1v) is 5.30. The minimum absolute atomic E-state index is 0.361. The van der Waals surface area contributed by atoms with Crippen LogP contribution in [-0.4, -0.2) is 38.6 Å². The first-order valence-electron chi connectivity index (χ1n) is 5.30. The van der Waals surface area contributed by atoms with Crippen molar-refractivity contribution < 1.29 is 14.9 Å². The molecule has 1 aromatic rings. The molecule has 1 aliphatic heterocycles. The summed E-state index contributed by atoms with van der Waals surface area (Å²) in [4.78, 5) is 24.5. The van der Waals surface area contributed by atoms with E-state index in [-0.39, 0.29) is 6.61 Å². The van der Waals surface area contributed by atoms with E-state index in [2.05, 4.69) is 5.92 Å². The van der Waals surface area contributed by atoms with Crippen LogP contribution < -0.4 is 11.2 Å². The molecule has 1 aliphatic rings. The van der Waals surface area contributed by atoms with Crippen molar-refractivity contribution in [2.45, 2.75) is 18.4 Å². The summed E-state index contributed by atoms with van der Waals surface area (Å²) in [6, 6.07) is 1.13. The number of hydrogen-bond donors (Lipinski definition) is 3. The molecule has 1 fully saturated rings. The van der Waals surface area contributed by atoms with Crippen LogP contribution >= 0.6 is 0 Å². The number of aromatic nitrogens is 2. The SMILES string of the molecule is C#C[C@H]1[C@@H](O)[C@H](n2ccc(=O)[nH]c2=O)O[C@@H]1CO. The standard InChI is InChI=1S/C11H12N2O5/c1-2-6-7(5-14)18-10(9(6)16)13-4-3-8(15)12-11(13)17/h1,3-4,6-7,9-10,14,16H,5H2,(H,12,15,17)/t6-,7-,9-,10-/m1/s1. The van der Waals surface area contributed by atoms with Gasteiger partial charge in [-0.25, -0.2) is 4.79 Å². The molecule has 0 amide bonds. The van der Waals surface area contributed by atoms with E-state index in [1.54, 1.807) is 0 Å². The predicted octanol–water partition coefficient (Wildman–Crippen LogP) is -1.96. The minimum atomic E-state index is -1.13. The van der Waals surface area contributed by atoms with E-state index in [0.29, 0.717) is 0 Å². The number of rotatable bonds is 2. The number of hydrogen-bond acceptors (Lipinski definition) is 5. The van der Waals surface area contributed by atoms with Gasteiger partial charge >= 0.3 is 5.69 Å². The molecule has 96 valence electrons. The van der Waals surface area contributed by atoms with E-state index in [1.165, 1.54) is 6.20 Å². The Bertz CT molecular complexity index is 584. The molecular weight excluding hydrogens is 240 g/mol. The number of aromatic amines is 1. The molecule has 1 aromatic heterocycles. The van der Waals surface area contributed by atoms with Crippen LogP contribution in [0, 0.1) is 18.3 Å². The normalized spacial score (nSPS) is 31.2. The lowest BCUT2D eigenvalue weighted by Crippen LogP contribution is -2.35. The van der Waals surface area contributed by atoms with Crippen LogP contribution in [0.5, 0.6) is 0 Å². The Morgan fingerprint density at radius 1 is 1.56 bits per heavy atom. The van der Waals surface area contributed by atoms with E-state index < -0.39 is 35.6 Å². The lowest BCUT2D eigenvalue weighted by atomic mass is 9.99. The quantitative estimate of drug-likeness (QED) is 0.530. The van der Waals surface area contributed by atoms with Crippen LogP contribution in [0.2, 0.25) is 0 Å². The molecule has 1 saturated heterocycles. The third kappa shape index (κ3) is 1.97. The second kappa shape index (κ2) is 4.78. The summed E-state index contributed by atoms with van der Waals surface area (Å²) in [5.41, 5.74) is -1.25. The zero-order valence-electron chi connectivity index (χ0n) is 9.31. The summed E-state index contributed by atoms with van der Waals surface area (Å²) in [7, 11) is 0. The van der Waals surface area contributed by atoms with Gasteiger partial charge < -0.3 is 14.9 Å². The topological polar surface area (TPSA) is 105 Å². The van der Waals surface area contributed by atoms with Crippen molar-refractivity contribution in [3.8, 4) is 12.3 Å². The van der Waals surface area contributed by atoms with Crippen LogP contribution in [-0.2, 0) is 4.74 Å². The molecule has 4 atom stereocenters. The molecular formula is C11H12N2O5. The number of terminal acetylenes is 1. The lowest BCUT2D eigenvalue weighted by Gasteiger charge is -2.16. The largest absolute Gasteiger partial charge is 0.394 e. The van der Waals surface area contributed by atoms with Gasteiger partial charge in [0, 0.05) is 12.3 Å². The van der Waals surface area contributed by atoms with Gasteiger partial charge in [-0.3, -0.25) is 14.3 Å². The first kappa shape index (κ1) is 12.6. The Labute approximate surface area is 102 Å². The summed E-state index contributed by atoms with van der Waals surface area (Å²) in [5, 5.41) is 19.1. The molecule has 0 saturated carbocycles. The van der Waals surface area contributed by atoms with Crippen LogP contribution in [0.15, 0.2) is 21.9 Å². The van der Waals surface area contributed by atoms with Gasteiger partial charge in [0.15, 0.2) is 6.23 Å². The molecule has 2 heterocycles. The Morgan fingerprint density at radius 2 is 2.28 bits per heavy atom. The zero-order chi connectivity index (χ0) is 13.3. The molecule has 7 heteroatoms. The number of aliphatic hydroxyl groups excluding tert-OH is 2.